The average molecular weight is 246 g/mol. The first-order valence-electron chi connectivity index (χ1n) is 6.76. The van der Waals surface area contributed by atoms with Crippen molar-refractivity contribution in [3.05, 3.63) is 29.8 Å². The molecule has 1 aliphatic rings. The van der Waals surface area contributed by atoms with E-state index in [1.807, 2.05) is 24.3 Å². The van der Waals surface area contributed by atoms with E-state index in [1.165, 1.54) is 32.6 Å². The maximum Gasteiger partial charge on any atom is 0.150 e. The molecule has 1 fully saturated rings. The Labute approximate surface area is 109 Å². The van der Waals surface area contributed by atoms with Crippen molar-refractivity contribution in [3.8, 4) is 0 Å². The maximum absolute atomic E-state index is 11.3. The monoisotopic (exact) mass is 246 g/mol. The second kappa shape index (κ2) is 6.01. The van der Waals surface area contributed by atoms with Gasteiger partial charge in [-0.15, -0.1) is 0 Å². The van der Waals surface area contributed by atoms with Crippen LogP contribution in [0, 0.1) is 5.92 Å². The number of anilines is 1. The maximum atomic E-state index is 11.3. The van der Waals surface area contributed by atoms with Gasteiger partial charge >= 0.3 is 0 Å². The quantitative estimate of drug-likeness (QED) is 0.840. The van der Waals surface area contributed by atoms with Gasteiger partial charge in [0.2, 0.25) is 0 Å². The number of rotatable bonds is 5. The average Bonchev–Trinajstić information content (AvgIpc) is 2.89. The van der Waals surface area contributed by atoms with Gasteiger partial charge in [-0.05, 0) is 43.4 Å². The van der Waals surface area contributed by atoms with Crippen LogP contribution >= 0.6 is 0 Å². The third kappa shape index (κ3) is 3.33. The number of hydrogen-bond acceptors (Lipinski definition) is 3. The van der Waals surface area contributed by atoms with E-state index in [4.69, 9.17) is 5.73 Å². The molecule has 1 unspecified atom stereocenters. The fourth-order valence-electron chi connectivity index (χ4n) is 2.55. The zero-order chi connectivity index (χ0) is 13.0. The molecule has 1 saturated carbocycles. The molecule has 98 valence electrons. The molecule has 0 radical (unpaired) electrons. The molecule has 0 heterocycles. The lowest BCUT2D eigenvalue weighted by Crippen LogP contribution is -2.19. The number of nitrogens with one attached hydrogen (secondary N) is 1. The Morgan fingerprint density at radius 3 is 2.83 bits per heavy atom. The molecule has 1 atom stereocenters. The Morgan fingerprint density at radius 2 is 2.17 bits per heavy atom. The zero-order valence-electron chi connectivity index (χ0n) is 11.0. The van der Waals surface area contributed by atoms with Gasteiger partial charge in [-0.3, -0.25) is 4.79 Å². The van der Waals surface area contributed by atoms with Crippen molar-refractivity contribution in [2.75, 3.05) is 11.9 Å². The van der Waals surface area contributed by atoms with Gasteiger partial charge in [-0.2, -0.15) is 0 Å². The minimum absolute atomic E-state index is 0.00272. The molecule has 18 heavy (non-hydrogen) atoms. The summed E-state index contributed by atoms with van der Waals surface area (Å²) in [6, 6.07) is 7.38. The minimum Gasteiger partial charge on any atom is -0.385 e. The summed E-state index contributed by atoms with van der Waals surface area (Å²) in [5, 5.41) is 3.45. The molecule has 0 amide bonds. The number of benzene rings is 1. The predicted molar refractivity (Wildman–Crippen MR) is 74.5 cm³/mol. The van der Waals surface area contributed by atoms with Crippen LogP contribution in [0.2, 0.25) is 0 Å². The van der Waals surface area contributed by atoms with Gasteiger partial charge in [0.25, 0.3) is 0 Å². The number of nitrogens with two attached hydrogens (primary N) is 1. The predicted octanol–water partition coefficient (Wildman–Crippen LogP) is 2.88. The first kappa shape index (κ1) is 13.1. The van der Waals surface area contributed by atoms with Crippen LogP contribution in [0.1, 0.15) is 44.2 Å². The molecular formula is C15H22N2O. The second-order valence-corrected chi connectivity index (χ2v) is 5.25. The van der Waals surface area contributed by atoms with Gasteiger partial charge in [-0.25, -0.2) is 0 Å². The molecule has 1 aliphatic carbocycles. The number of ketones is 1. The van der Waals surface area contributed by atoms with Crippen LogP contribution in [0.5, 0.6) is 0 Å². The lowest BCUT2D eigenvalue weighted by molar-refractivity contribution is -0.118. The van der Waals surface area contributed by atoms with Gasteiger partial charge in [0, 0.05) is 12.2 Å². The summed E-state index contributed by atoms with van der Waals surface area (Å²) in [7, 11) is 0. The Kier molecular flexibility index (Phi) is 4.37. The van der Waals surface area contributed by atoms with Crippen LogP contribution < -0.4 is 11.1 Å². The van der Waals surface area contributed by atoms with E-state index >= 15 is 0 Å². The highest BCUT2D eigenvalue weighted by Crippen LogP contribution is 2.25. The molecule has 1 aromatic rings. The summed E-state index contributed by atoms with van der Waals surface area (Å²) >= 11 is 0. The van der Waals surface area contributed by atoms with Crippen molar-refractivity contribution in [2.24, 2.45) is 11.7 Å². The van der Waals surface area contributed by atoms with Gasteiger partial charge in [0.05, 0.1) is 6.04 Å². The molecule has 3 nitrogen and oxygen atoms in total. The first-order chi connectivity index (χ1) is 8.66. The van der Waals surface area contributed by atoms with E-state index in [-0.39, 0.29) is 5.78 Å². The molecule has 1 aromatic carbocycles. The standard InChI is InChI=1S/C15H22N2O/c1-11(18)15(16)13-7-4-8-14(9-13)17-10-12-5-2-3-6-12/h4,7-9,12,15,17H,2-3,5-6,10,16H2,1H3. The van der Waals surface area contributed by atoms with Crippen molar-refractivity contribution in [1.29, 1.82) is 0 Å². The number of hydrogen-bond donors (Lipinski definition) is 2. The SMILES string of the molecule is CC(=O)C(N)c1cccc(NCC2CCCC2)c1. The lowest BCUT2D eigenvalue weighted by Gasteiger charge is -2.14. The molecule has 0 aliphatic heterocycles. The van der Waals surface area contributed by atoms with E-state index in [1.54, 1.807) is 0 Å². The first-order valence-corrected chi connectivity index (χ1v) is 6.76. The minimum atomic E-state index is -0.502. The molecule has 3 N–H and O–H groups in total. The van der Waals surface area contributed by atoms with Gasteiger partial charge in [0.1, 0.15) is 0 Å². The normalized spacial score (nSPS) is 17.7. The third-order valence-electron chi connectivity index (χ3n) is 3.75. The van der Waals surface area contributed by atoms with E-state index in [2.05, 4.69) is 5.32 Å². The fraction of sp³-hybridized carbons (Fsp3) is 0.533. The molecule has 0 bridgehead atoms. The Bertz CT molecular complexity index is 411. The summed E-state index contributed by atoms with van der Waals surface area (Å²) in [6.45, 7) is 2.56. The number of carbonyl (C=O) groups is 1. The molecule has 2 rings (SSSR count). The number of carbonyl (C=O) groups excluding carboxylic acids is 1. The summed E-state index contributed by atoms with van der Waals surface area (Å²) in [6.07, 6.45) is 5.39. The summed E-state index contributed by atoms with van der Waals surface area (Å²) in [5.74, 6) is 0.804. The van der Waals surface area contributed by atoms with Crippen LogP contribution in [0.25, 0.3) is 0 Å². The Balaban J connectivity index is 1.96. The molecule has 0 aromatic heterocycles. The van der Waals surface area contributed by atoms with Crippen LogP contribution in [-0.2, 0) is 4.79 Å². The van der Waals surface area contributed by atoms with Gasteiger partial charge in [-0.1, -0.05) is 25.0 Å². The van der Waals surface area contributed by atoms with E-state index in [9.17, 15) is 4.79 Å². The molecule has 3 heteroatoms. The van der Waals surface area contributed by atoms with E-state index in [0.717, 1.165) is 23.7 Å². The van der Waals surface area contributed by atoms with E-state index < -0.39 is 6.04 Å². The van der Waals surface area contributed by atoms with Gasteiger partial charge < -0.3 is 11.1 Å². The molecule has 0 spiro atoms. The van der Waals surface area contributed by atoms with Crippen molar-refractivity contribution in [1.82, 2.24) is 0 Å². The Morgan fingerprint density at radius 1 is 1.44 bits per heavy atom. The van der Waals surface area contributed by atoms with Gasteiger partial charge in [0.15, 0.2) is 5.78 Å². The van der Waals surface area contributed by atoms with Crippen LogP contribution in [0.3, 0.4) is 0 Å². The summed E-state index contributed by atoms with van der Waals surface area (Å²) < 4.78 is 0. The fourth-order valence-corrected chi connectivity index (χ4v) is 2.55. The van der Waals surface area contributed by atoms with Crippen molar-refractivity contribution in [2.45, 2.75) is 38.6 Å². The summed E-state index contributed by atoms with van der Waals surface area (Å²) in [5.41, 5.74) is 7.80. The lowest BCUT2D eigenvalue weighted by atomic mass is 10.0. The molecular weight excluding hydrogens is 224 g/mol. The third-order valence-corrected chi connectivity index (χ3v) is 3.75. The van der Waals surface area contributed by atoms with E-state index in [0.29, 0.717) is 0 Å². The van der Waals surface area contributed by atoms with Crippen molar-refractivity contribution < 1.29 is 4.79 Å². The van der Waals surface area contributed by atoms with Crippen molar-refractivity contribution in [3.63, 3.8) is 0 Å². The van der Waals surface area contributed by atoms with Crippen LogP contribution in [0.4, 0.5) is 5.69 Å². The summed E-state index contributed by atoms with van der Waals surface area (Å²) in [4.78, 5) is 11.3. The Hall–Kier alpha value is -1.35. The molecule has 0 saturated heterocycles. The second-order valence-electron chi connectivity index (χ2n) is 5.25. The zero-order valence-corrected chi connectivity index (χ0v) is 11.0. The topological polar surface area (TPSA) is 55.1 Å². The highest BCUT2D eigenvalue weighted by Gasteiger charge is 2.15. The number of Topliss-reactive ketones (excluding diaryl/α,β-unsaturated/α-hetero) is 1. The van der Waals surface area contributed by atoms with Crippen LogP contribution in [-0.4, -0.2) is 12.3 Å². The van der Waals surface area contributed by atoms with Crippen molar-refractivity contribution >= 4 is 11.5 Å². The largest absolute Gasteiger partial charge is 0.385 e. The smallest absolute Gasteiger partial charge is 0.150 e. The highest BCUT2D eigenvalue weighted by atomic mass is 16.1. The van der Waals surface area contributed by atoms with Crippen LogP contribution in [0.15, 0.2) is 24.3 Å². The highest BCUT2D eigenvalue weighted by molar-refractivity contribution is 5.82.